The summed E-state index contributed by atoms with van der Waals surface area (Å²) in [6, 6.07) is 11.8. The van der Waals surface area contributed by atoms with E-state index >= 15 is 0 Å². The topological polar surface area (TPSA) is 76.6 Å². The molecule has 1 amide bonds. The third-order valence-corrected chi connectivity index (χ3v) is 14.3. The largest absolute Gasteiger partial charge is 0.433 e. The molecule has 2 unspecified atom stereocenters. The van der Waals surface area contributed by atoms with Crippen LogP contribution in [0.3, 0.4) is 0 Å². The minimum atomic E-state index is -4.64. The molecule has 2 aliphatic rings. The van der Waals surface area contributed by atoms with E-state index in [0.29, 0.717) is 31.4 Å². The number of alkyl halides is 3. The summed E-state index contributed by atoms with van der Waals surface area (Å²) in [5.74, 6) is 0.651. The van der Waals surface area contributed by atoms with E-state index in [4.69, 9.17) is 14.1 Å². The molecule has 11 heteroatoms. The van der Waals surface area contributed by atoms with Gasteiger partial charge in [-0.3, -0.25) is 9.78 Å². The Kier molecular flexibility index (Phi) is 8.93. The Bertz CT molecular complexity index is 1570. The van der Waals surface area contributed by atoms with Crippen molar-refractivity contribution in [3.05, 3.63) is 71.2 Å². The highest BCUT2D eigenvalue weighted by atomic mass is 28.4. The molecule has 0 spiro atoms. The van der Waals surface area contributed by atoms with Gasteiger partial charge in [0.2, 0.25) is 0 Å². The Morgan fingerprint density at radius 3 is 2.60 bits per heavy atom. The number of rotatable bonds is 9. The highest BCUT2D eigenvalue weighted by Crippen LogP contribution is 2.58. The van der Waals surface area contributed by atoms with Crippen LogP contribution in [-0.2, 0) is 20.8 Å². The number of ether oxygens (including phenoxy) is 1. The van der Waals surface area contributed by atoms with Crippen molar-refractivity contribution in [3.63, 3.8) is 0 Å². The monoisotopic (exact) mass is 640 g/mol. The van der Waals surface area contributed by atoms with Crippen LogP contribution in [0.15, 0.2) is 48.7 Å². The summed E-state index contributed by atoms with van der Waals surface area (Å²) in [5, 5.41) is 2.89. The smallest absolute Gasteiger partial charge is 0.415 e. The second-order valence-electron chi connectivity index (χ2n) is 13.9. The van der Waals surface area contributed by atoms with Gasteiger partial charge in [-0.15, -0.1) is 0 Å². The first-order valence-corrected chi connectivity index (χ1v) is 18.3. The molecule has 1 saturated heterocycles. The minimum absolute atomic E-state index is 0.00123. The van der Waals surface area contributed by atoms with Crippen LogP contribution in [0.4, 0.5) is 24.7 Å². The summed E-state index contributed by atoms with van der Waals surface area (Å²) in [6.45, 7) is 15.9. The number of hydrogen-bond acceptors (Lipinski definition) is 6. The van der Waals surface area contributed by atoms with Gasteiger partial charge in [0.1, 0.15) is 11.5 Å². The van der Waals surface area contributed by atoms with Gasteiger partial charge in [-0.05, 0) is 96.9 Å². The number of pyridine rings is 2. The number of carbonyl (C=O) groups excluding carboxylic acids is 1. The van der Waals surface area contributed by atoms with E-state index in [1.54, 1.807) is 6.07 Å². The fourth-order valence-corrected chi connectivity index (χ4v) is 6.69. The summed E-state index contributed by atoms with van der Waals surface area (Å²) in [7, 11) is 0.134. The van der Waals surface area contributed by atoms with Crippen molar-refractivity contribution in [2.75, 3.05) is 43.6 Å². The van der Waals surface area contributed by atoms with Crippen LogP contribution in [0.2, 0.25) is 18.1 Å². The maximum Gasteiger partial charge on any atom is 0.433 e. The zero-order valence-electron chi connectivity index (χ0n) is 27.1. The molecule has 1 saturated carbocycles. The zero-order chi connectivity index (χ0) is 32.8. The first-order chi connectivity index (χ1) is 21.0. The van der Waals surface area contributed by atoms with Crippen molar-refractivity contribution in [1.29, 1.82) is 0 Å². The van der Waals surface area contributed by atoms with Crippen LogP contribution in [0.25, 0.3) is 11.1 Å². The average molecular weight is 641 g/mol. The minimum Gasteiger partial charge on any atom is -0.415 e. The molecule has 3 heterocycles. The standard InChI is InChI=1S/C34H43F3N4O3Si/c1-22-8-9-26(39-31(42)23-10-12-38-29(16-23)34(35,36)37)19-27(22)24-17-28(33-11-14-43-21-25(33)20-33)40-30(18-24)41(5)13-15-44-45(6,7)32(2,3)4/h8-10,12,16-19,25H,11,13-15,20-21H2,1-7H3,(H,39,42). The lowest BCUT2D eigenvalue weighted by Crippen LogP contribution is -2.42. The number of fused-ring (bicyclic) bond motifs is 1. The van der Waals surface area contributed by atoms with Crippen LogP contribution < -0.4 is 10.2 Å². The molecule has 5 rings (SSSR count). The second kappa shape index (κ2) is 12.1. The predicted molar refractivity (Wildman–Crippen MR) is 173 cm³/mol. The summed E-state index contributed by atoms with van der Waals surface area (Å²) in [5.41, 5.74) is 3.18. The molecule has 2 atom stereocenters. The summed E-state index contributed by atoms with van der Waals surface area (Å²) >= 11 is 0. The van der Waals surface area contributed by atoms with Gasteiger partial charge in [0.05, 0.1) is 18.9 Å². The number of hydrogen-bond donors (Lipinski definition) is 1. The quantitative estimate of drug-likeness (QED) is 0.240. The number of amides is 1. The van der Waals surface area contributed by atoms with Crippen molar-refractivity contribution >= 4 is 25.7 Å². The van der Waals surface area contributed by atoms with Crippen molar-refractivity contribution in [1.82, 2.24) is 9.97 Å². The predicted octanol–water partition coefficient (Wildman–Crippen LogP) is 7.86. The van der Waals surface area contributed by atoms with E-state index < -0.39 is 26.1 Å². The highest BCUT2D eigenvalue weighted by Gasteiger charge is 2.58. The van der Waals surface area contributed by atoms with Crippen molar-refractivity contribution in [3.8, 4) is 11.1 Å². The van der Waals surface area contributed by atoms with Gasteiger partial charge in [0.25, 0.3) is 5.91 Å². The van der Waals surface area contributed by atoms with Crippen LogP contribution in [-0.4, -0.2) is 57.6 Å². The Balaban J connectivity index is 1.44. The SMILES string of the molecule is Cc1ccc(NC(=O)c2ccnc(C(F)(F)F)c2)cc1-c1cc(N(C)CCO[Si](C)(C)C(C)(C)C)nc(C23CCOCC2C3)c1. The van der Waals surface area contributed by atoms with Crippen LogP contribution in [0, 0.1) is 12.8 Å². The molecular formula is C34H43F3N4O3Si. The number of aromatic nitrogens is 2. The summed E-state index contributed by atoms with van der Waals surface area (Å²) in [4.78, 5) is 23.6. The maximum atomic E-state index is 13.2. The summed E-state index contributed by atoms with van der Waals surface area (Å²) < 4.78 is 51.8. The van der Waals surface area contributed by atoms with Gasteiger partial charge in [0.15, 0.2) is 8.32 Å². The molecule has 1 N–H and O–H groups in total. The van der Waals surface area contributed by atoms with Gasteiger partial charge in [0, 0.05) is 43.1 Å². The number of carbonyl (C=O) groups is 1. The number of nitrogens with one attached hydrogen (secondary N) is 1. The molecule has 2 aromatic heterocycles. The number of nitrogens with zero attached hydrogens (tertiary/aromatic N) is 3. The molecule has 242 valence electrons. The normalized spacial score (nSPS) is 20.0. The van der Waals surface area contributed by atoms with Crippen molar-refractivity contribution in [2.45, 2.75) is 70.3 Å². The maximum absolute atomic E-state index is 13.2. The molecule has 0 radical (unpaired) electrons. The van der Waals surface area contributed by atoms with E-state index in [9.17, 15) is 18.0 Å². The number of benzene rings is 1. The van der Waals surface area contributed by atoms with E-state index in [1.807, 2.05) is 26.1 Å². The number of likely N-dealkylation sites (N-methyl/N-ethyl adjacent to an activating group) is 1. The fraction of sp³-hybridized carbons (Fsp3) is 0.500. The van der Waals surface area contributed by atoms with E-state index in [1.165, 1.54) is 6.07 Å². The number of halogens is 3. The van der Waals surface area contributed by atoms with Crippen molar-refractivity contribution in [2.24, 2.45) is 5.92 Å². The summed E-state index contributed by atoms with van der Waals surface area (Å²) in [6.07, 6.45) is -1.68. The molecule has 1 aliphatic carbocycles. The second-order valence-corrected chi connectivity index (χ2v) is 18.7. The first kappa shape index (κ1) is 33.1. The molecule has 45 heavy (non-hydrogen) atoms. The van der Waals surface area contributed by atoms with Crippen molar-refractivity contribution < 1.29 is 27.1 Å². The van der Waals surface area contributed by atoms with Gasteiger partial charge < -0.3 is 19.4 Å². The Morgan fingerprint density at radius 2 is 1.91 bits per heavy atom. The fourth-order valence-electron chi connectivity index (χ4n) is 5.66. The molecule has 2 fully saturated rings. The van der Waals surface area contributed by atoms with E-state index in [0.717, 1.165) is 59.9 Å². The van der Waals surface area contributed by atoms with Gasteiger partial charge in [-0.2, -0.15) is 13.2 Å². The van der Waals surface area contributed by atoms with Crippen LogP contribution >= 0.6 is 0 Å². The third kappa shape index (κ3) is 7.10. The Hall–Kier alpha value is -3.28. The van der Waals surface area contributed by atoms with Gasteiger partial charge in [-0.25, -0.2) is 4.98 Å². The lowest BCUT2D eigenvalue weighted by atomic mass is 9.90. The average Bonchev–Trinajstić information content (AvgIpc) is 3.73. The van der Waals surface area contributed by atoms with E-state index in [2.05, 4.69) is 61.2 Å². The lowest BCUT2D eigenvalue weighted by Gasteiger charge is -2.36. The van der Waals surface area contributed by atoms with E-state index in [-0.39, 0.29) is 16.0 Å². The third-order valence-electron chi connectivity index (χ3n) is 9.77. The molecule has 0 bridgehead atoms. The van der Waals surface area contributed by atoms with Crippen LogP contribution in [0.1, 0.15) is 60.9 Å². The Morgan fingerprint density at radius 1 is 1.16 bits per heavy atom. The number of aryl methyl sites for hydroxylation is 1. The van der Waals surface area contributed by atoms with Gasteiger partial charge in [-0.1, -0.05) is 26.8 Å². The lowest BCUT2D eigenvalue weighted by molar-refractivity contribution is -0.141. The van der Waals surface area contributed by atoms with Crippen LogP contribution in [0.5, 0.6) is 0 Å². The molecule has 7 nitrogen and oxygen atoms in total. The Labute approximate surface area is 264 Å². The molecular weight excluding hydrogens is 597 g/mol. The molecule has 3 aromatic rings. The zero-order valence-corrected chi connectivity index (χ0v) is 28.1. The molecule has 1 aliphatic heterocycles. The van der Waals surface area contributed by atoms with Gasteiger partial charge >= 0.3 is 6.18 Å². The molecule has 1 aromatic carbocycles. The highest BCUT2D eigenvalue weighted by molar-refractivity contribution is 6.74. The first-order valence-electron chi connectivity index (χ1n) is 15.4. The number of anilines is 2.